The molecule has 1 aromatic rings. The fourth-order valence-corrected chi connectivity index (χ4v) is 1.59. The summed E-state index contributed by atoms with van der Waals surface area (Å²) >= 11 is 0. The smallest absolute Gasteiger partial charge is 0.387 e. The summed E-state index contributed by atoms with van der Waals surface area (Å²) in [6.07, 6.45) is 0.405. The molecule has 0 amide bonds. The molecule has 0 aliphatic rings. The van der Waals surface area contributed by atoms with Crippen LogP contribution >= 0.6 is 0 Å². The van der Waals surface area contributed by atoms with Crippen molar-refractivity contribution >= 4 is 5.97 Å². The Labute approximate surface area is 103 Å². The molecule has 0 aliphatic heterocycles. The summed E-state index contributed by atoms with van der Waals surface area (Å²) in [7, 11) is 1.18. The number of nitriles is 1. The predicted molar refractivity (Wildman–Crippen MR) is 58.5 cm³/mol. The van der Waals surface area contributed by atoms with Crippen molar-refractivity contribution in [2.24, 2.45) is 0 Å². The molecule has 0 spiro atoms. The molecule has 0 N–H and O–H groups in total. The molecule has 1 aromatic carbocycles. The molecule has 0 aromatic heterocycles. The van der Waals surface area contributed by atoms with Crippen molar-refractivity contribution in [1.29, 1.82) is 5.26 Å². The summed E-state index contributed by atoms with van der Waals surface area (Å²) in [6.45, 7) is -1.27. The van der Waals surface area contributed by atoms with Gasteiger partial charge < -0.3 is 9.47 Å². The van der Waals surface area contributed by atoms with E-state index in [1.54, 1.807) is 6.92 Å². The number of carbonyl (C=O) groups excluding carboxylic acids is 1. The number of carbonyl (C=O) groups is 1. The molecule has 4 nitrogen and oxygen atoms in total. The third-order valence-electron chi connectivity index (χ3n) is 2.33. The Morgan fingerprint density at radius 3 is 2.61 bits per heavy atom. The van der Waals surface area contributed by atoms with Gasteiger partial charge in [-0.05, 0) is 24.1 Å². The zero-order valence-electron chi connectivity index (χ0n) is 9.87. The molecule has 6 heteroatoms. The van der Waals surface area contributed by atoms with Gasteiger partial charge in [-0.3, -0.25) is 0 Å². The van der Waals surface area contributed by atoms with Crippen LogP contribution in [0.5, 0.6) is 5.75 Å². The molecule has 0 saturated heterocycles. The number of esters is 1. The minimum atomic E-state index is -3.02. The summed E-state index contributed by atoms with van der Waals surface area (Å²) in [5.41, 5.74) is 0.636. The van der Waals surface area contributed by atoms with E-state index in [-0.39, 0.29) is 16.9 Å². The first-order valence-corrected chi connectivity index (χ1v) is 5.13. The second-order valence-corrected chi connectivity index (χ2v) is 3.33. The highest BCUT2D eigenvalue weighted by Crippen LogP contribution is 2.25. The summed E-state index contributed by atoms with van der Waals surface area (Å²) in [5, 5.41) is 8.94. The predicted octanol–water partition coefficient (Wildman–Crippen LogP) is 2.51. The number of hydrogen-bond acceptors (Lipinski definition) is 4. The van der Waals surface area contributed by atoms with Crippen LogP contribution < -0.4 is 4.74 Å². The Hall–Kier alpha value is -2.16. The monoisotopic (exact) mass is 255 g/mol. The van der Waals surface area contributed by atoms with E-state index in [9.17, 15) is 13.6 Å². The van der Waals surface area contributed by atoms with Crippen molar-refractivity contribution in [3.63, 3.8) is 0 Å². The third-order valence-corrected chi connectivity index (χ3v) is 2.33. The average Bonchev–Trinajstić information content (AvgIpc) is 2.35. The van der Waals surface area contributed by atoms with Gasteiger partial charge in [-0.25, -0.2) is 4.79 Å². The molecule has 0 saturated carbocycles. The lowest BCUT2D eigenvalue weighted by Crippen LogP contribution is -2.09. The van der Waals surface area contributed by atoms with E-state index in [1.807, 2.05) is 6.07 Å². The van der Waals surface area contributed by atoms with Gasteiger partial charge in [0.1, 0.15) is 5.75 Å². The number of nitrogens with zero attached hydrogens (tertiary/aromatic N) is 1. The molecular weight excluding hydrogens is 244 g/mol. The molecule has 0 bridgehead atoms. The van der Waals surface area contributed by atoms with Crippen LogP contribution in [0.1, 0.15) is 28.4 Å². The van der Waals surface area contributed by atoms with E-state index in [4.69, 9.17) is 5.26 Å². The van der Waals surface area contributed by atoms with E-state index in [1.165, 1.54) is 13.2 Å². The van der Waals surface area contributed by atoms with Crippen LogP contribution in [0.3, 0.4) is 0 Å². The molecule has 0 unspecified atom stereocenters. The van der Waals surface area contributed by atoms with Crippen molar-refractivity contribution in [3.8, 4) is 11.8 Å². The van der Waals surface area contributed by atoms with Gasteiger partial charge in [-0.1, -0.05) is 6.92 Å². The maximum Gasteiger partial charge on any atom is 0.387 e. The highest BCUT2D eigenvalue weighted by molar-refractivity contribution is 5.92. The van der Waals surface area contributed by atoms with E-state index < -0.39 is 12.6 Å². The van der Waals surface area contributed by atoms with E-state index >= 15 is 0 Å². The van der Waals surface area contributed by atoms with Gasteiger partial charge in [0.15, 0.2) is 0 Å². The molecule has 0 aliphatic carbocycles. The van der Waals surface area contributed by atoms with E-state index in [2.05, 4.69) is 9.47 Å². The third kappa shape index (κ3) is 2.94. The van der Waals surface area contributed by atoms with Crippen LogP contribution in [-0.4, -0.2) is 19.7 Å². The van der Waals surface area contributed by atoms with E-state index in [0.717, 1.165) is 6.07 Å². The Bertz CT molecular complexity index is 495. The first-order chi connectivity index (χ1) is 8.53. The van der Waals surface area contributed by atoms with Crippen molar-refractivity contribution in [2.75, 3.05) is 7.11 Å². The van der Waals surface area contributed by atoms with Gasteiger partial charge in [-0.15, -0.1) is 0 Å². The first-order valence-electron chi connectivity index (χ1n) is 5.13. The lowest BCUT2D eigenvalue weighted by molar-refractivity contribution is -0.0499. The first kappa shape index (κ1) is 13.9. The standard InChI is InChI=1S/C12H11F2NO3/c1-3-9-7(6-15)4-8(18-12(13)14)5-10(9)11(16)17-2/h4-5,12H,3H2,1-2H3. The van der Waals surface area contributed by atoms with Gasteiger partial charge in [0.05, 0.1) is 24.3 Å². The van der Waals surface area contributed by atoms with Crippen LogP contribution in [0, 0.1) is 11.3 Å². The number of hydrogen-bond donors (Lipinski definition) is 0. The quantitative estimate of drug-likeness (QED) is 0.775. The zero-order valence-corrected chi connectivity index (χ0v) is 9.87. The lowest BCUT2D eigenvalue weighted by atomic mass is 9.99. The molecular formula is C12H11F2NO3. The summed E-state index contributed by atoms with van der Waals surface area (Å²) in [6, 6.07) is 4.18. The summed E-state index contributed by atoms with van der Waals surface area (Å²) < 4.78 is 33.0. The minimum absolute atomic E-state index is 0.0645. The highest BCUT2D eigenvalue weighted by atomic mass is 19.3. The number of benzene rings is 1. The van der Waals surface area contributed by atoms with Crippen molar-refractivity contribution < 1.29 is 23.0 Å². The van der Waals surface area contributed by atoms with Gasteiger partial charge in [0, 0.05) is 0 Å². The Balaban J connectivity index is 3.37. The SMILES string of the molecule is CCc1c(C#N)cc(OC(F)F)cc1C(=O)OC. The molecule has 0 radical (unpaired) electrons. The zero-order chi connectivity index (χ0) is 13.7. The van der Waals surface area contributed by atoms with Crippen LogP contribution in [-0.2, 0) is 11.2 Å². The van der Waals surface area contributed by atoms with Gasteiger partial charge in [0.25, 0.3) is 0 Å². The largest absolute Gasteiger partial charge is 0.465 e. The molecule has 0 heterocycles. The number of ether oxygens (including phenoxy) is 2. The molecule has 0 fully saturated rings. The van der Waals surface area contributed by atoms with Gasteiger partial charge in [0.2, 0.25) is 0 Å². The summed E-state index contributed by atoms with van der Waals surface area (Å²) in [4.78, 5) is 11.5. The van der Waals surface area contributed by atoms with Crippen LogP contribution in [0.25, 0.3) is 0 Å². The number of rotatable bonds is 4. The van der Waals surface area contributed by atoms with Crippen molar-refractivity contribution in [1.82, 2.24) is 0 Å². The van der Waals surface area contributed by atoms with Gasteiger partial charge >= 0.3 is 12.6 Å². The summed E-state index contributed by atoms with van der Waals surface area (Å²) in [5.74, 6) is -0.929. The van der Waals surface area contributed by atoms with Crippen LogP contribution in [0.2, 0.25) is 0 Å². The van der Waals surface area contributed by atoms with Gasteiger partial charge in [-0.2, -0.15) is 14.0 Å². The van der Waals surface area contributed by atoms with Crippen LogP contribution in [0.15, 0.2) is 12.1 Å². The fourth-order valence-electron chi connectivity index (χ4n) is 1.59. The molecule has 0 atom stereocenters. The second-order valence-electron chi connectivity index (χ2n) is 3.33. The molecule has 96 valence electrons. The maximum absolute atomic E-state index is 12.1. The van der Waals surface area contributed by atoms with Crippen molar-refractivity contribution in [2.45, 2.75) is 20.0 Å². The highest BCUT2D eigenvalue weighted by Gasteiger charge is 2.18. The number of halogens is 2. The second kappa shape index (κ2) is 5.96. The Kier molecular flexibility index (Phi) is 4.60. The normalized spacial score (nSPS) is 10.0. The molecule has 1 rings (SSSR count). The Morgan fingerprint density at radius 2 is 2.17 bits per heavy atom. The fraction of sp³-hybridized carbons (Fsp3) is 0.333. The van der Waals surface area contributed by atoms with E-state index in [0.29, 0.717) is 12.0 Å². The number of methoxy groups -OCH3 is 1. The Morgan fingerprint density at radius 1 is 1.50 bits per heavy atom. The average molecular weight is 255 g/mol. The number of alkyl halides is 2. The molecule has 18 heavy (non-hydrogen) atoms. The maximum atomic E-state index is 12.1. The topological polar surface area (TPSA) is 59.3 Å². The minimum Gasteiger partial charge on any atom is -0.465 e. The van der Waals surface area contributed by atoms with Crippen LogP contribution in [0.4, 0.5) is 8.78 Å². The van der Waals surface area contributed by atoms with Crippen molar-refractivity contribution in [3.05, 3.63) is 28.8 Å². The lowest BCUT2D eigenvalue weighted by Gasteiger charge is -2.11.